The molecular weight excluding hydrogens is 348 g/mol. The highest BCUT2D eigenvalue weighted by molar-refractivity contribution is 9.10. The first-order valence-corrected chi connectivity index (χ1v) is 7.89. The Morgan fingerprint density at radius 3 is 2.95 bits per heavy atom. The summed E-state index contributed by atoms with van der Waals surface area (Å²) in [5.41, 5.74) is 0.513. The van der Waals surface area contributed by atoms with Crippen LogP contribution in [0, 0.1) is 0 Å². The number of fused-ring (bicyclic) bond motifs is 1. The molecule has 0 saturated carbocycles. The highest BCUT2D eigenvalue weighted by atomic mass is 79.9. The molecule has 7 heteroatoms. The number of likely N-dealkylation sites (N-methyl/N-ethyl adjacent to an activating group) is 1. The van der Waals surface area contributed by atoms with Crippen LogP contribution in [-0.4, -0.2) is 35.1 Å². The number of hydrogen-bond donors (Lipinski definition) is 2. The summed E-state index contributed by atoms with van der Waals surface area (Å²) in [6.07, 6.45) is 1.74. The van der Waals surface area contributed by atoms with Gasteiger partial charge in [0, 0.05) is 30.0 Å². The van der Waals surface area contributed by atoms with Crippen molar-refractivity contribution >= 4 is 32.7 Å². The summed E-state index contributed by atoms with van der Waals surface area (Å²) >= 11 is 3.35. The second kappa shape index (κ2) is 7.51. The van der Waals surface area contributed by atoms with Gasteiger partial charge in [-0.2, -0.15) is 0 Å². The molecule has 1 heterocycles. The van der Waals surface area contributed by atoms with Crippen LogP contribution < -0.4 is 16.2 Å². The van der Waals surface area contributed by atoms with Crippen molar-refractivity contribution < 1.29 is 4.79 Å². The average Bonchev–Trinajstić information content (AvgIpc) is 2.52. The van der Waals surface area contributed by atoms with Crippen LogP contribution >= 0.6 is 15.9 Å². The molecule has 1 unspecified atom stereocenters. The van der Waals surface area contributed by atoms with E-state index in [4.69, 9.17) is 0 Å². The number of carbonyl (C=O) groups is 1. The van der Waals surface area contributed by atoms with Crippen LogP contribution in [0.5, 0.6) is 0 Å². The summed E-state index contributed by atoms with van der Waals surface area (Å²) in [5, 5.41) is 6.41. The van der Waals surface area contributed by atoms with E-state index in [2.05, 4.69) is 31.5 Å². The average molecular weight is 367 g/mol. The molecule has 1 aromatic carbocycles. The minimum atomic E-state index is -0.136. The molecule has 0 radical (unpaired) electrons. The number of aryl methyl sites for hydroxylation is 1. The monoisotopic (exact) mass is 366 g/mol. The number of benzene rings is 1. The molecule has 0 aliphatic rings. The first-order valence-electron chi connectivity index (χ1n) is 7.10. The zero-order chi connectivity index (χ0) is 16.1. The summed E-state index contributed by atoms with van der Waals surface area (Å²) in [5.74, 6) is -0.0802. The summed E-state index contributed by atoms with van der Waals surface area (Å²) in [7, 11) is 1.84. The van der Waals surface area contributed by atoms with Gasteiger partial charge in [-0.25, -0.2) is 4.98 Å². The highest BCUT2D eigenvalue weighted by Gasteiger charge is 2.08. The number of nitrogens with one attached hydrogen (secondary N) is 2. The Labute approximate surface area is 137 Å². The van der Waals surface area contributed by atoms with Gasteiger partial charge in [0.15, 0.2) is 0 Å². The Morgan fingerprint density at radius 1 is 1.45 bits per heavy atom. The molecule has 1 amide bonds. The Hall–Kier alpha value is -1.73. The fourth-order valence-electron chi connectivity index (χ4n) is 1.97. The van der Waals surface area contributed by atoms with Gasteiger partial charge in [-0.15, -0.1) is 0 Å². The molecular formula is C15H19BrN4O2. The Bertz CT molecular complexity index is 729. The Kier molecular flexibility index (Phi) is 5.68. The van der Waals surface area contributed by atoms with E-state index in [1.165, 1.54) is 10.9 Å². The molecule has 0 bridgehead atoms. The maximum absolute atomic E-state index is 12.4. The van der Waals surface area contributed by atoms with Gasteiger partial charge in [-0.1, -0.05) is 15.9 Å². The van der Waals surface area contributed by atoms with Crippen LogP contribution in [0.3, 0.4) is 0 Å². The van der Waals surface area contributed by atoms with Gasteiger partial charge in [0.05, 0.1) is 17.2 Å². The Balaban J connectivity index is 2.04. The smallest absolute Gasteiger partial charge is 0.261 e. The summed E-state index contributed by atoms with van der Waals surface area (Å²) in [6.45, 7) is 2.86. The predicted octanol–water partition coefficient (Wildman–Crippen LogP) is 1.27. The van der Waals surface area contributed by atoms with Gasteiger partial charge in [0.25, 0.3) is 5.56 Å². The molecule has 2 rings (SSSR count). The van der Waals surface area contributed by atoms with E-state index in [9.17, 15) is 9.59 Å². The van der Waals surface area contributed by atoms with Crippen LogP contribution in [-0.2, 0) is 11.3 Å². The van der Waals surface area contributed by atoms with Crippen LogP contribution in [0.1, 0.15) is 13.3 Å². The minimum absolute atomic E-state index is 0.0802. The molecule has 0 saturated heterocycles. The van der Waals surface area contributed by atoms with E-state index < -0.39 is 0 Å². The SMILES string of the molecule is CNC(C)CNC(=O)CCn1cnc2ccc(Br)cc2c1=O. The van der Waals surface area contributed by atoms with Crippen LogP contribution in [0.15, 0.2) is 33.8 Å². The van der Waals surface area contributed by atoms with E-state index in [-0.39, 0.29) is 23.9 Å². The van der Waals surface area contributed by atoms with E-state index in [1.807, 2.05) is 20.0 Å². The fourth-order valence-corrected chi connectivity index (χ4v) is 2.33. The number of rotatable bonds is 6. The number of amides is 1. The van der Waals surface area contributed by atoms with Crippen molar-refractivity contribution in [3.63, 3.8) is 0 Å². The molecule has 0 aliphatic carbocycles. The third kappa shape index (κ3) is 4.14. The van der Waals surface area contributed by atoms with Crippen molar-refractivity contribution in [2.75, 3.05) is 13.6 Å². The van der Waals surface area contributed by atoms with Crippen LogP contribution in [0.2, 0.25) is 0 Å². The lowest BCUT2D eigenvalue weighted by Crippen LogP contribution is -2.37. The second-order valence-electron chi connectivity index (χ2n) is 5.15. The van der Waals surface area contributed by atoms with Gasteiger partial charge in [0.1, 0.15) is 0 Å². The number of halogens is 1. The molecule has 0 spiro atoms. The van der Waals surface area contributed by atoms with Gasteiger partial charge in [-0.3, -0.25) is 14.2 Å². The molecule has 118 valence electrons. The zero-order valence-electron chi connectivity index (χ0n) is 12.6. The normalized spacial score (nSPS) is 12.3. The van der Waals surface area contributed by atoms with E-state index >= 15 is 0 Å². The second-order valence-corrected chi connectivity index (χ2v) is 6.06. The Morgan fingerprint density at radius 2 is 2.23 bits per heavy atom. The first kappa shape index (κ1) is 16.6. The van der Waals surface area contributed by atoms with E-state index in [0.717, 1.165) is 4.47 Å². The lowest BCUT2D eigenvalue weighted by Gasteiger charge is -2.12. The fraction of sp³-hybridized carbons (Fsp3) is 0.400. The van der Waals surface area contributed by atoms with Crippen molar-refractivity contribution in [1.82, 2.24) is 20.2 Å². The number of carbonyl (C=O) groups excluding carboxylic acids is 1. The summed E-state index contributed by atoms with van der Waals surface area (Å²) < 4.78 is 2.30. The van der Waals surface area contributed by atoms with Crippen LogP contribution in [0.4, 0.5) is 0 Å². The van der Waals surface area contributed by atoms with Crippen molar-refractivity contribution in [3.05, 3.63) is 39.4 Å². The molecule has 6 nitrogen and oxygen atoms in total. The quantitative estimate of drug-likeness (QED) is 0.807. The number of aromatic nitrogens is 2. The molecule has 0 aliphatic heterocycles. The molecule has 1 aromatic heterocycles. The predicted molar refractivity (Wildman–Crippen MR) is 89.9 cm³/mol. The van der Waals surface area contributed by atoms with Crippen molar-refractivity contribution in [1.29, 1.82) is 0 Å². The lowest BCUT2D eigenvalue weighted by molar-refractivity contribution is -0.121. The minimum Gasteiger partial charge on any atom is -0.354 e. The topological polar surface area (TPSA) is 76.0 Å². The van der Waals surface area contributed by atoms with Gasteiger partial charge in [-0.05, 0) is 32.2 Å². The van der Waals surface area contributed by atoms with Crippen molar-refractivity contribution in [2.24, 2.45) is 0 Å². The molecule has 1 atom stereocenters. The maximum Gasteiger partial charge on any atom is 0.261 e. The maximum atomic E-state index is 12.4. The third-order valence-electron chi connectivity index (χ3n) is 3.46. The molecule has 22 heavy (non-hydrogen) atoms. The third-order valence-corrected chi connectivity index (χ3v) is 3.96. The van der Waals surface area contributed by atoms with Gasteiger partial charge in [0.2, 0.25) is 5.91 Å². The molecule has 2 aromatic rings. The highest BCUT2D eigenvalue weighted by Crippen LogP contribution is 2.14. The number of hydrogen-bond acceptors (Lipinski definition) is 4. The van der Waals surface area contributed by atoms with Crippen molar-refractivity contribution in [3.8, 4) is 0 Å². The first-order chi connectivity index (χ1) is 10.5. The van der Waals surface area contributed by atoms with E-state index in [0.29, 0.717) is 24.0 Å². The lowest BCUT2D eigenvalue weighted by atomic mass is 10.2. The molecule has 2 N–H and O–H groups in total. The summed E-state index contributed by atoms with van der Waals surface area (Å²) in [6, 6.07) is 5.59. The van der Waals surface area contributed by atoms with Crippen molar-refractivity contribution in [2.45, 2.75) is 25.9 Å². The zero-order valence-corrected chi connectivity index (χ0v) is 14.2. The summed E-state index contributed by atoms with van der Waals surface area (Å²) in [4.78, 5) is 28.4. The van der Waals surface area contributed by atoms with Crippen LogP contribution in [0.25, 0.3) is 10.9 Å². The standard InChI is InChI=1S/C15H19BrN4O2/c1-10(17-2)8-18-14(21)5-6-20-9-19-13-4-3-11(16)7-12(13)15(20)22/h3-4,7,9-10,17H,5-6,8H2,1-2H3,(H,18,21). The largest absolute Gasteiger partial charge is 0.354 e. The van der Waals surface area contributed by atoms with Gasteiger partial charge >= 0.3 is 0 Å². The van der Waals surface area contributed by atoms with Gasteiger partial charge < -0.3 is 10.6 Å². The molecule has 0 fully saturated rings. The number of nitrogens with zero attached hydrogens (tertiary/aromatic N) is 2. The van der Waals surface area contributed by atoms with E-state index in [1.54, 1.807) is 12.1 Å².